The zero-order valence-corrected chi connectivity index (χ0v) is 14.2. The quantitative estimate of drug-likeness (QED) is 0.871. The van der Waals surface area contributed by atoms with Crippen LogP contribution in [0.15, 0.2) is 27.6 Å². The monoisotopic (exact) mass is 362 g/mol. The topological polar surface area (TPSA) is 80.5 Å². The minimum absolute atomic E-state index is 0.0797. The van der Waals surface area contributed by atoms with Crippen LogP contribution in [0.4, 0.5) is 0 Å². The van der Waals surface area contributed by atoms with Crippen molar-refractivity contribution in [2.75, 3.05) is 13.1 Å². The number of amides is 1. The summed E-state index contributed by atoms with van der Waals surface area (Å²) in [6.07, 6.45) is 0. The lowest BCUT2D eigenvalue weighted by Crippen LogP contribution is -2.34. The third kappa shape index (κ3) is 4.29. The Morgan fingerprint density at radius 2 is 2.00 bits per heavy atom. The zero-order valence-electron chi connectivity index (χ0n) is 11.8. The molecule has 1 aromatic rings. The first kappa shape index (κ1) is 17.1. The van der Waals surface area contributed by atoms with Crippen LogP contribution in [0.5, 0.6) is 0 Å². The number of carbonyl (C=O) groups excluding carboxylic acids is 1. The maximum absolute atomic E-state index is 12.4. The van der Waals surface area contributed by atoms with Gasteiger partial charge in [0.15, 0.2) is 0 Å². The van der Waals surface area contributed by atoms with Crippen molar-refractivity contribution in [3.05, 3.63) is 28.2 Å². The average molecular weight is 363 g/mol. The summed E-state index contributed by atoms with van der Waals surface area (Å²) in [5.74, 6) is 0.144. The van der Waals surface area contributed by atoms with E-state index in [-0.39, 0.29) is 10.8 Å². The summed E-state index contributed by atoms with van der Waals surface area (Å²) in [7, 11) is -3.86. The number of halogens is 1. The highest BCUT2D eigenvalue weighted by atomic mass is 79.9. The van der Waals surface area contributed by atoms with Crippen molar-refractivity contribution >= 4 is 31.9 Å². The number of hydrogen-bond donors (Lipinski definition) is 1. The Bertz CT molecular complexity index is 600. The number of benzene rings is 1. The molecule has 1 aromatic carbocycles. The van der Waals surface area contributed by atoms with Gasteiger partial charge in [-0.1, -0.05) is 13.8 Å². The molecule has 0 atom stereocenters. The second-order valence-electron chi connectivity index (χ2n) is 4.93. The molecule has 20 heavy (non-hydrogen) atoms. The third-order valence-corrected chi connectivity index (χ3v) is 4.64. The van der Waals surface area contributed by atoms with E-state index in [1.807, 2.05) is 20.8 Å². The fourth-order valence-corrected chi connectivity index (χ4v) is 3.39. The Morgan fingerprint density at radius 1 is 1.40 bits per heavy atom. The summed E-state index contributed by atoms with van der Waals surface area (Å²) in [6.45, 7) is 7.12. The minimum atomic E-state index is -3.86. The van der Waals surface area contributed by atoms with Gasteiger partial charge in [-0.05, 0) is 47.0 Å². The van der Waals surface area contributed by atoms with Crippen LogP contribution in [0.25, 0.3) is 0 Å². The Morgan fingerprint density at radius 3 is 2.45 bits per heavy atom. The van der Waals surface area contributed by atoms with Gasteiger partial charge in [0, 0.05) is 23.1 Å². The van der Waals surface area contributed by atoms with Crippen molar-refractivity contribution in [1.82, 2.24) is 4.90 Å². The van der Waals surface area contributed by atoms with E-state index in [2.05, 4.69) is 15.9 Å². The molecule has 0 spiro atoms. The number of nitrogens with two attached hydrogens (primary N) is 1. The molecular formula is C13H19BrN2O3S. The normalized spacial score (nSPS) is 11.7. The van der Waals surface area contributed by atoms with Crippen LogP contribution in [0.3, 0.4) is 0 Å². The molecule has 0 saturated carbocycles. The van der Waals surface area contributed by atoms with Crippen molar-refractivity contribution < 1.29 is 13.2 Å². The van der Waals surface area contributed by atoms with Crippen LogP contribution in [0, 0.1) is 5.92 Å². The molecule has 1 rings (SSSR count). The highest BCUT2D eigenvalue weighted by Crippen LogP contribution is 2.23. The maximum Gasteiger partial charge on any atom is 0.253 e. The highest BCUT2D eigenvalue weighted by molar-refractivity contribution is 9.10. The molecule has 0 bridgehead atoms. The molecule has 7 heteroatoms. The lowest BCUT2D eigenvalue weighted by atomic mass is 10.1. The molecule has 0 saturated heterocycles. The van der Waals surface area contributed by atoms with Crippen LogP contribution in [-0.4, -0.2) is 32.3 Å². The SMILES string of the molecule is CCN(CC(C)C)C(=O)c1ccc(Br)c(S(N)(=O)=O)c1. The number of nitrogens with zero attached hydrogens (tertiary/aromatic N) is 1. The first-order valence-electron chi connectivity index (χ1n) is 6.28. The van der Waals surface area contributed by atoms with E-state index in [1.165, 1.54) is 12.1 Å². The average Bonchev–Trinajstić information content (AvgIpc) is 2.34. The number of sulfonamides is 1. The van der Waals surface area contributed by atoms with Crippen molar-refractivity contribution in [2.45, 2.75) is 25.7 Å². The molecule has 0 radical (unpaired) electrons. The van der Waals surface area contributed by atoms with Crippen molar-refractivity contribution in [1.29, 1.82) is 0 Å². The first-order chi connectivity index (χ1) is 9.16. The van der Waals surface area contributed by atoms with E-state index in [9.17, 15) is 13.2 Å². The number of rotatable bonds is 5. The molecule has 0 aromatic heterocycles. The van der Waals surface area contributed by atoms with Crippen LogP contribution in [-0.2, 0) is 10.0 Å². The number of hydrogen-bond acceptors (Lipinski definition) is 3. The Kier molecular flexibility index (Phi) is 5.73. The number of carbonyl (C=O) groups is 1. The maximum atomic E-state index is 12.4. The van der Waals surface area contributed by atoms with Gasteiger partial charge >= 0.3 is 0 Å². The predicted octanol–water partition coefficient (Wildman–Crippen LogP) is 2.21. The van der Waals surface area contributed by atoms with E-state index in [0.29, 0.717) is 29.0 Å². The number of primary sulfonamides is 1. The Hall–Kier alpha value is -0.920. The van der Waals surface area contributed by atoms with Crippen LogP contribution < -0.4 is 5.14 Å². The third-order valence-electron chi connectivity index (χ3n) is 2.74. The van der Waals surface area contributed by atoms with E-state index >= 15 is 0 Å². The summed E-state index contributed by atoms with van der Waals surface area (Å²) in [6, 6.07) is 4.42. The van der Waals surface area contributed by atoms with Gasteiger partial charge in [0.25, 0.3) is 5.91 Å². The fraction of sp³-hybridized carbons (Fsp3) is 0.462. The second-order valence-corrected chi connectivity index (χ2v) is 7.31. The Balaban J connectivity index is 3.17. The molecule has 0 unspecified atom stereocenters. The second kappa shape index (κ2) is 6.69. The van der Waals surface area contributed by atoms with E-state index in [1.54, 1.807) is 11.0 Å². The van der Waals surface area contributed by atoms with Crippen molar-refractivity contribution in [2.24, 2.45) is 11.1 Å². The molecule has 0 aliphatic rings. The largest absolute Gasteiger partial charge is 0.339 e. The predicted molar refractivity (Wildman–Crippen MR) is 81.9 cm³/mol. The molecule has 0 aliphatic heterocycles. The van der Waals surface area contributed by atoms with Gasteiger partial charge in [-0.2, -0.15) is 0 Å². The summed E-state index contributed by atoms with van der Waals surface area (Å²) >= 11 is 3.13. The molecule has 1 amide bonds. The van der Waals surface area contributed by atoms with Crippen molar-refractivity contribution in [3.63, 3.8) is 0 Å². The van der Waals surface area contributed by atoms with Gasteiger partial charge in [0.1, 0.15) is 0 Å². The lowest BCUT2D eigenvalue weighted by Gasteiger charge is -2.23. The zero-order chi connectivity index (χ0) is 15.5. The Labute approximate surface area is 128 Å². The molecule has 0 fully saturated rings. The molecule has 0 aliphatic carbocycles. The standard InChI is InChI=1S/C13H19BrN2O3S/c1-4-16(8-9(2)3)13(17)10-5-6-11(14)12(7-10)20(15,18)19/h5-7,9H,4,8H2,1-3H3,(H2,15,18,19). The van der Waals surface area contributed by atoms with Crippen LogP contribution in [0.2, 0.25) is 0 Å². The van der Waals surface area contributed by atoms with Crippen molar-refractivity contribution in [3.8, 4) is 0 Å². The highest BCUT2D eigenvalue weighted by Gasteiger charge is 2.19. The summed E-state index contributed by atoms with van der Waals surface area (Å²) in [5, 5.41) is 5.13. The van der Waals surface area contributed by atoms with Gasteiger partial charge in [0.2, 0.25) is 10.0 Å². The minimum Gasteiger partial charge on any atom is -0.339 e. The molecular weight excluding hydrogens is 344 g/mol. The summed E-state index contributed by atoms with van der Waals surface area (Å²) in [4.78, 5) is 14.0. The lowest BCUT2D eigenvalue weighted by molar-refractivity contribution is 0.0745. The summed E-state index contributed by atoms with van der Waals surface area (Å²) in [5.41, 5.74) is 0.319. The molecule has 0 heterocycles. The van der Waals surface area contributed by atoms with Gasteiger partial charge in [-0.3, -0.25) is 4.79 Å². The van der Waals surface area contributed by atoms with Crippen LogP contribution in [0.1, 0.15) is 31.1 Å². The van der Waals surface area contributed by atoms with E-state index in [0.717, 1.165) is 0 Å². The van der Waals surface area contributed by atoms with E-state index in [4.69, 9.17) is 5.14 Å². The van der Waals surface area contributed by atoms with Gasteiger partial charge in [-0.25, -0.2) is 13.6 Å². The first-order valence-corrected chi connectivity index (χ1v) is 8.62. The van der Waals surface area contributed by atoms with Gasteiger partial charge in [-0.15, -0.1) is 0 Å². The van der Waals surface area contributed by atoms with E-state index < -0.39 is 10.0 Å². The molecule has 2 N–H and O–H groups in total. The molecule has 112 valence electrons. The smallest absolute Gasteiger partial charge is 0.253 e. The fourth-order valence-electron chi connectivity index (χ4n) is 1.83. The van der Waals surface area contributed by atoms with Gasteiger partial charge in [0.05, 0.1) is 4.90 Å². The summed E-state index contributed by atoms with van der Waals surface area (Å²) < 4.78 is 23.3. The van der Waals surface area contributed by atoms with Gasteiger partial charge < -0.3 is 4.90 Å². The van der Waals surface area contributed by atoms with Crippen LogP contribution >= 0.6 is 15.9 Å². The molecule has 5 nitrogen and oxygen atoms in total.